The highest BCUT2D eigenvalue weighted by Crippen LogP contribution is 2.51. The minimum atomic E-state index is 0.828. The quantitative estimate of drug-likeness (QED) is 0.207. The van der Waals surface area contributed by atoms with E-state index in [0.29, 0.717) is 0 Å². The van der Waals surface area contributed by atoms with Crippen molar-refractivity contribution < 1.29 is 0 Å². The minimum absolute atomic E-state index is 0.828. The summed E-state index contributed by atoms with van der Waals surface area (Å²) in [6.45, 7) is 0. The summed E-state index contributed by atoms with van der Waals surface area (Å²) in [5.74, 6) is 0. The molecule has 0 fully saturated rings. The highest BCUT2D eigenvalue weighted by molar-refractivity contribution is 7.99. The fourth-order valence-electron chi connectivity index (χ4n) is 6.26. The van der Waals surface area contributed by atoms with E-state index in [4.69, 9.17) is 0 Å². The van der Waals surface area contributed by atoms with Crippen molar-refractivity contribution in [2.75, 3.05) is 4.90 Å². The van der Waals surface area contributed by atoms with Crippen LogP contribution in [-0.4, -0.2) is 19.6 Å². The van der Waals surface area contributed by atoms with Crippen LogP contribution >= 0.6 is 11.8 Å². The number of para-hydroxylation sites is 4. The minimum Gasteiger partial charge on any atom is -0.309 e. The van der Waals surface area contributed by atoms with Crippen LogP contribution in [0.4, 0.5) is 17.1 Å². The Morgan fingerprint density at radius 2 is 1.09 bits per heavy atom. The second kappa shape index (κ2) is 10.0. The molecule has 1 aliphatic heterocycles. The summed E-state index contributed by atoms with van der Waals surface area (Å²) in [6.07, 6.45) is 2.00. The number of benzene rings is 6. The molecule has 0 saturated carbocycles. The lowest BCUT2D eigenvalue weighted by molar-refractivity contribution is 0.804. The lowest BCUT2D eigenvalue weighted by Crippen LogP contribution is -2.15. The maximum absolute atomic E-state index is 4.56. The summed E-state index contributed by atoms with van der Waals surface area (Å²) in [5.41, 5.74) is 9.75. The Labute approximate surface area is 258 Å². The molecule has 6 heteroatoms. The first-order chi connectivity index (χ1) is 21.8. The molecule has 9 rings (SSSR count). The molecule has 0 N–H and O–H groups in total. The standard InChI is InChI=1S/C38H25N5S/c1-3-14-33-30(12-1)31-13-2-4-15-34(31)42(33)27-22-20-26(21-23-27)32-25-41(40-39-32)28-10-9-11-29(24-28)43-35-16-5-7-18-37(35)44-38-19-8-6-17-36(38)43/h1-25H. The van der Waals surface area contributed by atoms with Gasteiger partial charge >= 0.3 is 0 Å². The molecule has 0 bridgehead atoms. The summed E-state index contributed by atoms with van der Waals surface area (Å²) >= 11 is 1.81. The van der Waals surface area contributed by atoms with Gasteiger partial charge in [-0.1, -0.05) is 95.8 Å². The zero-order valence-corrected chi connectivity index (χ0v) is 24.4. The highest BCUT2D eigenvalue weighted by atomic mass is 32.2. The first-order valence-corrected chi connectivity index (χ1v) is 15.4. The van der Waals surface area contributed by atoms with Crippen LogP contribution in [0.5, 0.6) is 0 Å². The molecule has 8 aromatic rings. The van der Waals surface area contributed by atoms with Crippen LogP contribution in [0.2, 0.25) is 0 Å². The predicted molar refractivity (Wildman–Crippen MR) is 180 cm³/mol. The summed E-state index contributed by atoms with van der Waals surface area (Å²) < 4.78 is 4.18. The van der Waals surface area contributed by atoms with Gasteiger partial charge < -0.3 is 9.47 Å². The monoisotopic (exact) mass is 583 g/mol. The fraction of sp³-hybridized carbons (Fsp3) is 0. The summed E-state index contributed by atoms with van der Waals surface area (Å²) in [4.78, 5) is 4.81. The number of rotatable bonds is 4. The van der Waals surface area contributed by atoms with E-state index in [9.17, 15) is 0 Å². The first kappa shape index (κ1) is 25.0. The van der Waals surface area contributed by atoms with E-state index in [1.54, 1.807) is 0 Å². The number of aromatic nitrogens is 4. The first-order valence-electron chi connectivity index (χ1n) is 14.6. The van der Waals surface area contributed by atoms with E-state index in [-0.39, 0.29) is 0 Å². The van der Waals surface area contributed by atoms with E-state index >= 15 is 0 Å². The van der Waals surface area contributed by atoms with E-state index in [0.717, 1.165) is 28.3 Å². The second-order valence-corrected chi connectivity index (χ2v) is 11.9. The molecule has 0 aliphatic carbocycles. The van der Waals surface area contributed by atoms with Gasteiger partial charge in [0, 0.05) is 37.5 Å². The fourth-order valence-corrected chi connectivity index (χ4v) is 7.32. The Morgan fingerprint density at radius 3 is 1.77 bits per heavy atom. The van der Waals surface area contributed by atoms with Gasteiger partial charge in [0.2, 0.25) is 0 Å². The van der Waals surface area contributed by atoms with Gasteiger partial charge in [-0.05, 0) is 66.7 Å². The van der Waals surface area contributed by atoms with E-state index in [2.05, 4.69) is 165 Å². The van der Waals surface area contributed by atoms with Crippen LogP contribution < -0.4 is 4.90 Å². The number of hydrogen-bond donors (Lipinski definition) is 0. The average molecular weight is 584 g/mol. The predicted octanol–water partition coefficient (Wildman–Crippen LogP) is 9.97. The molecule has 0 amide bonds. The third kappa shape index (κ3) is 3.96. The molecule has 44 heavy (non-hydrogen) atoms. The average Bonchev–Trinajstić information content (AvgIpc) is 3.71. The Bertz CT molecular complexity index is 2230. The molecule has 6 aromatic carbocycles. The number of fused-ring (bicyclic) bond motifs is 5. The van der Waals surface area contributed by atoms with Crippen LogP contribution in [0.15, 0.2) is 162 Å². The van der Waals surface area contributed by atoms with Gasteiger partial charge in [-0.25, -0.2) is 4.68 Å². The number of nitrogens with zero attached hydrogens (tertiary/aromatic N) is 5. The number of anilines is 3. The molecule has 2 aromatic heterocycles. The van der Waals surface area contributed by atoms with Crippen molar-refractivity contribution in [1.29, 1.82) is 0 Å². The molecular formula is C38H25N5S. The second-order valence-electron chi connectivity index (χ2n) is 10.9. The molecular weight excluding hydrogens is 559 g/mol. The third-order valence-electron chi connectivity index (χ3n) is 8.28. The maximum Gasteiger partial charge on any atom is 0.113 e. The third-order valence-corrected chi connectivity index (χ3v) is 9.41. The maximum atomic E-state index is 4.56. The zero-order valence-electron chi connectivity index (χ0n) is 23.6. The zero-order chi connectivity index (χ0) is 29.0. The Hall–Kier alpha value is -5.59. The van der Waals surface area contributed by atoms with Gasteiger partial charge in [-0.3, -0.25) is 0 Å². The summed E-state index contributed by atoms with van der Waals surface area (Å²) in [7, 11) is 0. The van der Waals surface area contributed by atoms with Gasteiger partial charge in [0.15, 0.2) is 0 Å². The van der Waals surface area contributed by atoms with Crippen LogP contribution in [0.25, 0.3) is 44.4 Å². The van der Waals surface area contributed by atoms with Crippen LogP contribution in [0.3, 0.4) is 0 Å². The lowest BCUT2D eigenvalue weighted by atomic mass is 10.1. The van der Waals surface area contributed by atoms with Crippen molar-refractivity contribution in [3.63, 3.8) is 0 Å². The molecule has 208 valence electrons. The van der Waals surface area contributed by atoms with Gasteiger partial charge in [-0.2, -0.15) is 0 Å². The topological polar surface area (TPSA) is 38.9 Å². The SMILES string of the molecule is c1cc(N2c3ccccc3Sc3ccccc32)cc(-n2cc(-c3ccc(-n4c5ccccc5c5ccccc54)cc3)nn2)c1. The Morgan fingerprint density at radius 1 is 0.500 bits per heavy atom. The number of hydrogen-bond acceptors (Lipinski definition) is 4. The van der Waals surface area contributed by atoms with Crippen molar-refractivity contribution in [2.45, 2.75) is 9.79 Å². The van der Waals surface area contributed by atoms with E-state index in [1.165, 1.54) is 43.0 Å². The van der Waals surface area contributed by atoms with E-state index < -0.39 is 0 Å². The molecule has 0 atom stereocenters. The van der Waals surface area contributed by atoms with Gasteiger partial charge in [0.05, 0.1) is 34.3 Å². The normalized spacial score (nSPS) is 12.4. The van der Waals surface area contributed by atoms with Gasteiger partial charge in [0.1, 0.15) is 5.69 Å². The van der Waals surface area contributed by atoms with Crippen molar-refractivity contribution in [2.24, 2.45) is 0 Å². The molecule has 0 spiro atoms. The largest absolute Gasteiger partial charge is 0.309 e. The lowest BCUT2D eigenvalue weighted by Gasteiger charge is -2.33. The van der Waals surface area contributed by atoms with Crippen molar-refractivity contribution in [3.8, 4) is 22.6 Å². The molecule has 0 saturated heterocycles. The molecule has 0 unspecified atom stereocenters. The highest BCUT2D eigenvalue weighted by Gasteiger charge is 2.24. The summed E-state index contributed by atoms with van der Waals surface area (Å²) in [5, 5.41) is 11.6. The van der Waals surface area contributed by atoms with Crippen molar-refractivity contribution in [1.82, 2.24) is 19.6 Å². The Balaban J connectivity index is 1.06. The van der Waals surface area contributed by atoms with Crippen LogP contribution in [0.1, 0.15) is 0 Å². The van der Waals surface area contributed by atoms with Gasteiger partial charge in [-0.15, -0.1) is 5.10 Å². The van der Waals surface area contributed by atoms with E-state index in [1.807, 2.05) is 22.6 Å². The molecule has 3 heterocycles. The van der Waals surface area contributed by atoms with Crippen molar-refractivity contribution in [3.05, 3.63) is 152 Å². The van der Waals surface area contributed by atoms with Gasteiger partial charge in [0.25, 0.3) is 0 Å². The smallest absolute Gasteiger partial charge is 0.113 e. The molecule has 1 aliphatic rings. The molecule has 5 nitrogen and oxygen atoms in total. The molecule has 0 radical (unpaired) electrons. The Kier molecular flexibility index (Phi) is 5.67. The van der Waals surface area contributed by atoms with Crippen molar-refractivity contribution >= 4 is 50.6 Å². The van der Waals surface area contributed by atoms with Crippen LogP contribution in [-0.2, 0) is 0 Å². The summed E-state index contributed by atoms with van der Waals surface area (Å²) in [6, 6.07) is 51.3. The van der Waals surface area contributed by atoms with Crippen LogP contribution in [0, 0.1) is 0 Å².